The van der Waals surface area contributed by atoms with Crippen molar-refractivity contribution in [3.8, 4) is 0 Å². The molecule has 0 saturated carbocycles. The number of carboxylic acid groups (broad SMARTS) is 2. The first kappa shape index (κ1) is 13.6. The molecule has 0 aliphatic heterocycles. The summed E-state index contributed by atoms with van der Waals surface area (Å²) in [6.07, 6.45) is -0.781. The van der Waals surface area contributed by atoms with Gasteiger partial charge in [0.15, 0.2) is 0 Å². The summed E-state index contributed by atoms with van der Waals surface area (Å²) >= 11 is 0. The average molecular weight is 256 g/mol. The first-order chi connectivity index (χ1) is 8.40. The van der Waals surface area contributed by atoms with Gasteiger partial charge in [0.1, 0.15) is 11.7 Å². The van der Waals surface area contributed by atoms with Crippen LogP contribution in [0.25, 0.3) is 0 Å². The van der Waals surface area contributed by atoms with E-state index in [9.17, 15) is 18.8 Å². The third kappa shape index (κ3) is 3.81. The van der Waals surface area contributed by atoms with Crippen molar-refractivity contribution >= 4 is 17.8 Å². The van der Waals surface area contributed by atoms with Gasteiger partial charge in [0.25, 0.3) is 5.91 Å². The molecule has 8 heteroatoms. The number of carboxylic acids is 2. The fourth-order valence-electron chi connectivity index (χ4n) is 1.14. The Morgan fingerprint density at radius 3 is 2.50 bits per heavy atom. The van der Waals surface area contributed by atoms with Crippen LogP contribution in [0.2, 0.25) is 0 Å². The number of amides is 1. The van der Waals surface area contributed by atoms with Gasteiger partial charge in [0, 0.05) is 0 Å². The van der Waals surface area contributed by atoms with Gasteiger partial charge in [-0.05, 0) is 12.1 Å². The molecule has 0 saturated heterocycles. The van der Waals surface area contributed by atoms with Crippen molar-refractivity contribution in [2.24, 2.45) is 0 Å². The number of rotatable bonds is 5. The van der Waals surface area contributed by atoms with E-state index in [1.165, 1.54) is 12.1 Å². The standard InChI is InChI=1S/C10H9FN2O5/c11-7-3-1-2-5(12-7)9(16)13-6(10(17)18)4-8(14)15/h1-3,6H,4H2,(H,13,16)(H,14,15)(H,17,18)/t6-/m1/s1. The second-order valence-electron chi connectivity index (χ2n) is 3.31. The Balaban J connectivity index is 2.78. The van der Waals surface area contributed by atoms with Crippen LogP contribution in [0.3, 0.4) is 0 Å². The number of nitrogens with one attached hydrogen (secondary N) is 1. The lowest BCUT2D eigenvalue weighted by molar-refractivity contribution is -0.145. The van der Waals surface area contributed by atoms with Crippen molar-refractivity contribution in [2.75, 3.05) is 0 Å². The van der Waals surface area contributed by atoms with Gasteiger partial charge in [-0.25, -0.2) is 9.78 Å². The van der Waals surface area contributed by atoms with E-state index in [4.69, 9.17) is 10.2 Å². The van der Waals surface area contributed by atoms with Gasteiger partial charge in [-0.15, -0.1) is 0 Å². The molecular weight excluding hydrogens is 247 g/mol. The fraction of sp³-hybridized carbons (Fsp3) is 0.200. The molecule has 7 nitrogen and oxygen atoms in total. The molecule has 1 rings (SSSR count). The molecule has 1 amide bonds. The first-order valence-electron chi connectivity index (χ1n) is 4.78. The monoisotopic (exact) mass is 256 g/mol. The summed E-state index contributed by atoms with van der Waals surface area (Å²) < 4.78 is 12.7. The Morgan fingerprint density at radius 1 is 1.33 bits per heavy atom. The van der Waals surface area contributed by atoms with Crippen LogP contribution < -0.4 is 5.32 Å². The number of halogens is 1. The highest BCUT2D eigenvalue weighted by atomic mass is 19.1. The molecule has 0 aromatic carbocycles. The molecule has 0 unspecified atom stereocenters. The van der Waals surface area contributed by atoms with E-state index in [0.29, 0.717) is 0 Å². The molecule has 0 fully saturated rings. The van der Waals surface area contributed by atoms with Crippen molar-refractivity contribution in [2.45, 2.75) is 12.5 Å². The smallest absolute Gasteiger partial charge is 0.326 e. The number of carbonyl (C=O) groups is 3. The van der Waals surface area contributed by atoms with E-state index < -0.39 is 36.3 Å². The second kappa shape index (κ2) is 5.71. The minimum absolute atomic E-state index is 0.327. The van der Waals surface area contributed by atoms with Gasteiger partial charge < -0.3 is 15.5 Å². The van der Waals surface area contributed by atoms with Gasteiger partial charge in [0.05, 0.1) is 6.42 Å². The van der Waals surface area contributed by atoms with Crippen molar-refractivity contribution in [1.29, 1.82) is 0 Å². The van der Waals surface area contributed by atoms with Crippen LogP contribution >= 0.6 is 0 Å². The molecular formula is C10H9FN2O5. The van der Waals surface area contributed by atoms with E-state index >= 15 is 0 Å². The van der Waals surface area contributed by atoms with Crippen molar-refractivity contribution in [3.05, 3.63) is 29.8 Å². The van der Waals surface area contributed by atoms with Crippen LogP contribution in [0.4, 0.5) is 4.39 Å². The van der Waals surface area contributed by atoms with E-state index in [0.717, 1.165) is 6.07 Å². The zero-order chi connectivity index (χ0) is 13.7. The first-order valence-corrected chi connectivity index (χ1v) is 4.78. The molecule has 1 heterocycles. The maximum absolute atomic E-state index is 12.7. The maximum Gasteiger partial charge on any atom is 0.326 e. The van der Waals surface area contributed by atoms with Gasteiger partial charge in [-0.1, -0.05) is 6.07 Å². The highest BCUT2D eigenvalue weighted by Gasteiger charge is 2.24. The van der Waals surface area contributed by atoms with Gasteiger partial charge in [-0.3, -0.25) is 9.59 Å². The largest absolute Gasteiger partial charge is 0.481 e. The van der Waals surface area contributed by atoms with Crippen molar-refractivity contribution in [1.82, 2.24) is 10.3 Å². The Hall–Kier alpha value is -2.51. The number of aromatic nitrogens is 1. The van der Waals surface area contributed by atoms with Gasteiger partial charge in [0.2, 0.25) is 5.95 Å². The Morgan fingerprint density at radius 2 is 2.00 bits per heavy atom. The zero-order valence-electron chi connectivity index (χ0n) is 8.96. The summed E-state index contributed by atoms with van der Waals surface area (Å²) in [4.78, 5) is 35.8. The molecule has 0 radical (unpaired) electrons. The van der Waals surface area contributed by atoms with E-state index in [-0.39, 0.29) is 5.69 Å². The van der Waals surface area contributed by atoms with Gasteiger partial charge in [-0.2, -0.15) is 4.39 Å². The molecule has 96 valence electrons. The quantitative estimate of drug-likeness (QED) is 0.632. The summed E-state index contributed by atoms with van der Waals surface area (Å²) in [5.74, 6) is -4.73. The number of nitrogens with zero attached hydrogens (tertiary/aromatic N) is 1. The van der Waals surface area contributed by atoms with Crippen LogP contribution in [0, 0.1) is 5.95 Å². The van der Waals surface area contributed by atoms with Gasteiger partial charge >= 0.3 is 11.9 Å². The molecule has 18 heavy (non-hydrogen) atoms. The van der Waals surface area contributed by atoms with Crippen LogP contribution in [-0.2, 0) is 9.59 Å². The Kier molecular flexibility index (Phi) is 4.30. The number of carbonyl (C=O) groups excluding carboxylic acids is 1. The van der Waals surface area contributed by atoms with Crippen molar-refractivity contribution in [3.63, 3.8) is 0 Å². The van der Waals surface area contributed by atoms with Crippen LogP contribution in [-0.4, -0.2) is 39.1 Å². The summed E-state index contributed by atoms with van der Waals surface area (Å²) in [7, 11) is 0. The molecule has 0 bridgehead atoms. The van der Waals surface area contributed by atoms with E-state index in [1.54, 1.807) is 0 Å². The lowest BCUT2D eigenvalue weighted by atomic mass is 10.2. The lowest BCUT2D eigenvalue weighted by Crippen LogP contribution is -2.42. The highest BCUT2D eigenvalue weighted by molar-refractivity contribution is 5.95. The Bertz CT molecular complexity index is 491. The molecule has 1 aromatic heterocycles. The summed E-state index contributed by atoms with van der Waals surface area (Å²) in [5, 5.41) is 19.1. The molecule has 0 aliphatic rings. The number of pyridine rings is 1. The number of hydrogen-bond donors (Lipinski definition) is 3. The summed E-state index contributed by atoms with van der Waals surface area (Å²) in [6.45, 7) is 0. The highest BCUT2D eigenvalue weighted by Crippen LogP contribution is 2.00. The SMILES string of the molecule is O=C(O)C[C@@H](NC(=O)c1cccc(F)n1)C(=O)O. The number of hydrogen-bond acceptors (Lipinski definition) is 4. The van der Waals surface area contributed by atoms with E-state index in [2.05, 4.69) is 4.98 Å². The number of aliphatic carboxylic acids is 2. The van der Waals surface area contributed by atoms with Crippen molar-refractivity contribution < 1.29 is 29.0 Å². The minimum Gasteiger partial charge on any atom is -0.481 e. The Labute approximate surface area is 100 Å². The lowest BCUT2D eigenvalue weighted by Gasteiger charge is -2.11. The predicted octanol–water partition coefficient (Wildman–Crippen LogP) is -0.122. The topological polar surface area (TPSA) is 117 Å². The fourth-order valence-corrected chi connectivity index (χ4v) is 1.14. The van der Waals surface area contributed by atoms with E-state index in [1.807, 2.05) is 5.32 Å². The van der Waals surface area contributed by atoms with Crippen LogP contribution in [0.1, 0.15) is 16.9 Å². The summed E-state index contributed by atoms with van der Waals surface area (Å²) in [6, 6.07) is 1.82. The average Bonchev–Trinajstić information content (AvgIpc) is 2.27. The molecule has 1 atom stereocenters. The minimum atomic E-state index is -1.60. The summed E-state index contributed by atoms with van der Waals surface area (Å²) in [5.41, 5.74) is -0.327. The normalized spacial score (nSPS) is 11.6. The third-order valence-electron chi connectivity index (χ3n) is 1.93. The molecule has 0 spiro atoms. The van der Waals surface area contributed by atoms with Crippen LogP contribution in [0.5, 0.6) is 0 Å². The molecule has 1 aromatic rings. The second-order valence-corrected chi connectivity index (χ2v) is 3.31. The predicted molar refractivity (Wildman–Crippen MR) is 55.3 cm³/mol. The maximum atomic E-state index is 12.7. The molecule has 0 aliphatic carbocycles. The molecule has 3 N–H and O–H groups in total. The van der Waals surface area contributed by atoms with Crippen LogP contribution in [0.15, 0.2) is 18.2 Å². The third-order valence-corrected chi connectivity index (χ3v) is 1.93. The zero-order valence-corrected chi connectivity index (χ0v) is 8.96.